The Morgan fingerprint density at radius 1 is 1.50 bits per heavy atom. The zero-order chi connectivity index (χ0) is 13.7. The SMILES string of the molecule is C=C(C)CN(C)c1cccc(OC)c1C(C)NC. The maximum absolute atomic E-state index is 5.48. The second-order valence-electron chi connectivity index (χ2n) is 4.72. The lowest BCUT2D eigenvalue weighted by Crippen LogP contribution is -2.23. The maximum Gasteiger partial charge on any atom is 0.125 e. The van der Waals surface area contributed by atoms with Crippen molar-refractivity contribution in [2.45, 2.75) is 19.9 Å². The minimum absolute atomic E-state index is 0.240. The Morgan fingerprint density at radius 2 is 2.17 bits per heavy atom. The van der Waals surface area contributed by atoms with Crippen LogP contribution in [0.4, 0.5) is 5.69 Å². The molecule has 1 rings (SSSR count). The van der Waals surface area contributed by atoms with Crippen LogP contribution in [-0.2, 0) is 0 Å². The van der Waals surface area contributed by atoms with E-state index in [2.05, 4.69) is 36.8 Å². The number of benzene rings is 1. The third kappa shape index (κ3) is 3.26. The summed E-state index contributed by atoms with van der Waals surface area (Å²) in [6.07, 6.45) is 0. The van der Waals surface area contributed by atoms with Crippen LogP contribution in [0.2, 0.25) is 0 Å². The summed E-state index contributed by atoms with van der Waals surface area (Å²) in [5.41, 5.74) is 3.51. The molecule has 3 heteroatoms. The van der Waals surface area contributed by atoms with E-state index in [0.717, 1.165) is 17.9 Å². The van der Waals surface area contributed by atoms with Crippen molar-refractivity contribution in [2.75, 3.05) is 32.6 Å². The van der Waals surface area contributed by atoms with Gasteiger partial charge in [-0.15, -0.1) is 0 Å². The largest absolute Gasteiger partial charge is 0.496 e. The van der Waals surface area contributed by atoms with Crippen LogP contribution < -0.4 is 15.0 Å². The minimum atomic E-state index is 0.240. The van der Waals surface area contributed by atoms with Crippen molar-refractivity contribution >= 4 is 5.69 Å². The predicted molar refractivity (Wildman–Crippen MR) is 78.6 cm³/mol. The number of nitrogens with zero attached hydrogens (tertiary/aromatic N) is 1. The number of ether oxygens (including phenoxy) is 1. The molecule has 0 aliphatic carbocycles. The lowest BCUT2D eigenvalue weighted by molar-refractivity contribution is 0.404. The van der Waals surface area contributed by atoms with Gasteiger partial charge in [0.1, 0.15) is 5.75 Å². The van der Waals surface area contributed by atoms with Crippen molar-refractivity contribution in [3.8, 4) is 5.75 Å². The zero-order valence-electron chi connectivity index (χ0n) is 12.1. The van der Waals surface area contributed by atoms with Crippen molar-refractivity contribution in [1.29, 1.82) is 0 Å². The molecule has 3 nitrogen and oxygen atoms in total. The molecule has 0 aliphatic heterocycles. The molecule has 0 spiro atoms. The summed E-state index contributed by atoms with van der Waals surface area (Å²) < 4.78 is 5.48. The van der Waals surface area contributed by atoms with Crippen LogP contribution in [0.25, 0.3) is 0 Å². The quantitative estimate of drug-likeness (QED) is 0.783. The molecule has 1 unspecified atom stereocenters. The van der Waals surface area contributed by atoms with Gasteiger partial charge in [-0.2, -0.15) is 0 Å². The van der Waals surface area contributed by atoms with Crippen LogP contribution in [-0.4, -0.2) is 27.7 Å². The van der Waals surface area contributed by atoms with Gasteiger partial charge in [0.15, 0.2) is 0 Å². The fourth-order valence-electron chi connectivity index (χ4n) is 2.11. The predicted octanol–water partition coefficient (Wildman–Crippen LogP) is 2.99. The van der Waals surface area contributed by atoms with E-state index in [9.17, 15) is 0 Å². The molecule has 0 bridgehead atoms. The van der Waals surface area contributed by atoms with E-state index in [4.69, 9.17) is 4.74 Å². The smallest absolute Gasteiger partial charge is 0.125 e. The fourth-order valence-corrected chi connectivity index (χ4v) is 2.11. The van der Waals surface area contributed by atoms with Crippen molar-refractivity contribution < 1.29 is 4.74 Å². The molecule has 1 atom stereocenters. The van der Waals surface area contributed by atoms with Crippen molar-refractivity contribution in [3.05, 3.63) is 35.9 Å². The number of rotatable bonds is 6. The van der Waals surface area contributed by atoms with Crippen molar-refractivity contribution in [3.63, 3.8) is 0 Å². The molecule has 0 fully saturated rings. The van der Waals surface area contributed by atoms with E-state index in [0.29, 0.717) is 0 Å². The summed E-state index contributed by atoms with van der Waals surface area (Å²) >= 11 is 0. The molecule has 0 radical (unpaired) electrons. The zero-order valence-corrected chi connectivity index (χ0v) is 12.1. The number of hydrogen-bond donors (Lipinski definition) is 1. The molecule has 0 aromatic heterocycles. The summed E-state index contributed by atoms with van der Waals surface area (Å²) in [7, 11) is 5.75. The molecule has 0 amide bonds. The fraction of sp³-hybridized carbons (Fsp3) is 0.467. The molecule has 0 heterocycles. The normalized spacial score (nSPS) is 12.1. The molecule has 1 aromatic rings. The van der Waals surface area contributed by atoms with Gasteiger partial charge < -0.3 is 15.0 Å². The molecule has 0 aliphatic rings. The Balaban J connectivity index is 3.20. The van der Waals surface area contributed by atoms with Gasteiger partial charge in [0.25, 0.3) is 0 Å². The highest BCUT2D eigenvalue weighted by Crippen LogP contribution is 2.34. The second-order valence-corrected chi connectivity index (χ2v) is 4.72. The second kappa shape index (κ2) is 6.45. The molecule has 1 aromatic carbocycles. The van der Waals surface area contributed by atoms with E-state index in [1.54, 1.807) is 7.11 Å². The highest BCUT2D eigenvalue weighted by atomic mass is 16.5. The summed E-state index contributed by atoms with van der Waals surface area (Å²) in [6, 6.07) is 6.38. The average Bonchev–Trinajstić information content (AvgIpc) is 2.35. The third-order valence-electron chi connectivity index (χ3n) is 3.05. The third-order valence-corrected chi connectivity index (χ3v) is 3.05. The number of likely N-dealkylation sites (N-methyl/N-ethyl adjacent to an activating group) is 1. The molecule has 0 saturated carbocycles. The van der Waals surface area contributed by atoms with Gasteiger partial charge in [-0.3, -0.25) is 0 Å². The summed E-state index contributed by atoms with van der Waals surface area (Å²) in [6.45, 7) is 8.99. The lowest BCUT2D eigenvalue weighted by Gasteiger charge is -2.26. The Hall–Kier alpha value is -1.48. The van der Waals surface area contributed by atoms with Crippen LogP contribution in [0.5, 0.6) is 5.75 Å². The maximum atomic E-state index is 5.48. The summed E-state index contributed by atoms with van der Waals surface area (Å²) in [4.78, 5) is 2.20. The number of methoxy groups -OCH3 is 1. The van der Waals surface area contributed by atoms with Crippen LogP contribution in [0, 0.1) is 0 Å². The lowest BCUT2D eigenvalue weighted by atomic mass is 10.0. The Bertz CT molecular complexity index is 415. The summed E-state index contributed by atoms with van der Waals surface area (Å²) in [5.74, 6) is 0.919. The van der Waals surface area contributed by atoms with E-state index < -0.39 is 0 Å². The first-order valence-corrected chi connectivity index (χ1v) is 6.21. The minimum Gasteiger partial charge on any atom is -0.496 e. The molecule has 0 saturated heterocycles. The molecule has 1 N–H and O–H groups in total. The number of anilines is 1. The van der Waals surface area contributed by atoms with Gasteiger partial charge in [-0.25, -0.2) is 0 Å². The Labute approximate surface area is 110 Å². The molecular weight excluding hydrogens is 224 g/mol. The van der Waals surface area contributed by atoms with Crippen LogP contribution in [0.1, 0.15) is 25.5 Å². The number of hydrogen-bond acceptors (Lipinski definition) is 3. The first-order valence-electron chi connectivity index (χ1n) is 6.21. The van der Waals surface area contributed by atoms with E-state index in [-0.39, 0.29) is 6.04 Å². The van der Waals surface area contributed by atoms with Gasteiger partial charge in [0.05, 0.1) is 7.11 Å². The average molecular weight is 248 g/mol. The first kappa shape index (κ1) is 14.6. The van der Waals surface area contributed by atoms with E-state index in [1.807, 2.05) is 26.1 Å². The Kier molecular flexibility index (Phi) is 5.23. The van der Waals surface area contributed by atoms with Crippen molar-refractivity contribution in [2.24, 2.45) is 0 Å². The van der Waals surface area contributed by atoms with E-state index >= 15 is 0 Å². The van der Waals surface area contributed by atoms with Crippen LogP contribution in [0.15, 0.2) is 30.4 Å². The number of nitrogens with one attached hydrogen (secondary N) is 1. The van der Waals surface area contributed by atoms with Gasteiger partial charge in [0, 0.05) is 30.9 Å². The van der Waals surface area contributed by atoms with Gasteiger partial charge in [-0.05, 0) is 33.0 Å². The topological polar surface area (TPSA) is 24.5 Å². The summed E-state index contributed by atoms with van der Waals surface area (Å²) in [5, 5.41) is 3.28. The molecule has 18 heavy (non-hydrogen) atoms. The van der Waals surface area contributed by atoms with Gasteiger partial charge in [0.2, 0.25) is 0 Å². The molecular formula is C15H24N2O. The highest BCUT2D eigenvalue weighted by Gasteiger charge is 2.17. The van der Waals surface area contributed by atoms with E-state index in [1.165, 1.54) is 11.3 Å². The Morgan fingerprint density at radius 3 is 2.67 bits per heavy atom. The van der Waals surface area contributed by atoms with Crippen molar-refractivity contribution in [1.82, 2.24) is 5.32 Å². The van der Waals surface area contributed by atoms with Crippen LogP contribution >= 0.6 is 0 Å². The highest BCUT2D eigenvalue weighted by molar-refractivity contribution is 5.60. The van der Waals surface area contributed by atoms with Gasteiger partial charge in [-0.1, -0.05) is 18.2 Å². The van der Waals surface area contributed by atoms with Crippen LogP contribution in [0.3, 0.4) is 0 Å². The monoisotopic (exact) mass is 248 g/mol. The first-order chi connectivity index (χ1) is 8.51. The standard InChI is InChI=1S/C15H24N2O/c1-11(2)10-17(5)13-8-7-9-14(18-6)15(13)12(3)16-4/h7-9,12,16H,1,10H2,2-6H3. The molecule has 100 valence electrons. The van der Waals surface area contributed by atoms with Gasteiger partial charge >= 0.3 is 0 Å².